The van der Waals surface area contributed by atoms with Crippen molar-refractivity contribution in [3.8, 4) is 0 Å². The maximum absolute atomic E-state index is 5.87. The number of aryl methyl sites for hydroxylation is 3. The summed E-state index contributed by atoms with van der Waals surface area (Å²) in [4.78, 5) is 4.84. The van der Waals surface area contributed by atoms with Gasteiger partial charge in [0.2, 0.25) is 0 Å². The number of aromatic nitrogens is 1. The van der Waals surface area contributed by atoms with Gasteiger partial charge in [-0.15, -0.1) is 12.4 Å². The van der Waals surface area contributed by atoms with Crippen LogP contribution in [0.1, 0.15) is 48.9 Å². The molecule has 0 amide bonds. The van der Waals surface area contributed by atoms with Crippen molar-refractivity contribution < 1.29 is 4.74 Å². The first-order valence-corrected chi connectivity index (χ1v) is 8.88. The minimum atomic E-state index is 0. The number of rotatable bonds is 7. The van der Waals surface area contributed by atoms with E-state index >= 15 is 0 Å². The van der Waals surface area contributed by atoms with Gasteiger partial charge >= 0.3 is 0 Å². The quantitative estimate of drug-likeness (QED) is 0.748. The fraction of sp³-hybridized carbons (Fsp3) is 0.722. The number of nitrogens with one attached hydrogen (secondary N) is 2. The number of unbranched alkanes of at least 4 members (excludes halogenated alkanes) is 2. The van der Waals surface area contributed by atoms with Crippen LogP contribution in [0.15, 0.2) is 6.07 Å². The Bertz CT molecular complexity index is 489. The number of hydrogen-bond acceptors (Lipinski definition) is 4. The molecule has 0 radical (unpaired) electrons. The van der Waals surface area contributed by atoms with Crippen molar-refractivity contribution in [3.05, 3.63) is 22.9 Å². The molecule has 0 aliphatic carbocycles. The van der Waals surface area contributed by atoms with Crippen molar-refractivity contribution in [1.82, 2.24) is 10.3 Å². The molecule has 0 bridgehead atoms. The average Bonchev–Trinajstić information content (AvgIpc) is 3.04. The number of halogens is 1. The molecule has 0 saturated carbocycles. The van der Waals surface area contributed by atoms with Crippen LogP contribution in [-0.2, 0) is 17.6 Å². The molecule has 5 heteroatoms. The van der Waals surface area contributed by atoms with Gasteiger partial charge < -0.3 is 15.4 Å². The fourth-order valence-corrected chi connectivity index (χ4v) is 3.38. The molecule has 0 unspecified atom stereocenters. The average molecular weight is 340 g/mol. The highest BCUT2D eigenvalue weighted by Crippen LogP contribution is 2.23. The molecule has 0 spiro atoms. The lowest BCUT2D eigenvalue weighted by molar-refractivity contribution is 0.0642. The Morgan fingerprint density at radius 1 is 1.26 bits per heavy atom. The molecule has 2 aliphatic heterocycles. The number of fused-ring (bicyclic) bond motifs is 1. The third kappa shape index (κ3) is 5.33. The largest absolute Gasteiger partial charge is 0.377 e. The van der Waals surface area contributed by atoms with Gasteiger partial charge in [0.05, 0.1) is 6.10 Å². The molecule has 1 atom stereocenters. The van der Waals surface area contributed by atoms with Crippen molar-refractivity contribution in [3.63, 3.8) is 0 Å². The standard InChI is InChI=1S/C18H29N3O.ClH/c1-14-12-15-6-5-9-20-18(15)21-17(14)7-3-2-4-11-22-16-8-10-19-13-16;/h12,16,19H,2-11,13H2,1H3,(H,20,21);1H/t16-;/m1./s1. The Morgan fingerprint density at radius 2 is 2.17 bits per heavy atom. The third-order valence-electron chi connectivity index (χ3n) is 4.74. The van der Waals surface area contributed by atoms with Crippen LogP contribution in [0.4, 0.5) is 5.82 Å². The van der Waals surface area contributed by atoms with Gasteiger partial charge in [-0.3, -0.25) is 0 Å². The molecule has 2 N–H and O–H groups in total. The number of pyridine rings is 1. The Kier molecular flexibility index (Phi) is 7.60. The first kappa shape index (κ1) is 18.5. The van der Waals surface area contributed by atoms with E-state index < -0.39 is 0 Å². The zero-order chi connectivity index (χ0) is 15.2. The molecule has 23 heavy (non-hydrogen) atoms. The van der Waals surface area contributed by atoms with Gasteiger partial charge in [0.15, 0.2) is 0 Å². The summed E-state index contributed by atoms with van der Waals surface area (Å²) in [6.07, 6.45) is 8.71. The minimum Gasteiger partial charge on any atom is -0.377 e. The van der Waals surface area contributed by atoms with Crippen LogP contribution in [0, 0.1) is 6.92 Å². The topological polar surface area (TPSA) is 46.2 Å². The summed E-state index contributed by atoms with van der Waals surface area (Å²) in [7, 11) is 0. The van der Waals surface area contributed by atoms with Crippen LogP contribution in [0.2, 0.25) is 0 Å². The lowest BCUT2D eigenvalue weighted by atomic mass is 10.0. The smallest absolute Gasteiger partial charge is 0.129 e. The molecule has 0 aromatic carbocycles. The fourth-order valence-electron chi connectivity index (χ4n) is 3.38. The van der Waals surface area contributed by atoms with Crippen LogP contribution >= 0.6 is 12.4 Å². The SMILES string of the molecule is Cc1cc2c(nc1CCCCCO[C@@H]1CCNC1)NCCC2.Cl. The van der Waals surface area contributed by atoms with E-state index in [2.05, 4.69) is 23.6 Å². The molecule has 3 heterocycles. The highest BCUT2D eigenvalue weighted by atomic mass is 35.5. The first-order chi connectivity index (χ1) is 10.8. The molecular formula is C18H30ClN3O. The van der Waals surface area contributed by atoms with E-state index in [4.69, 9.17) is 9.72 Å². The molecule has 1 aromatic rings. The number of hydrogen-bond donors (Lipinski definition) is 2. The summed E-state index contributed by atoms with van der Waals surface area (Å²) >= 11 is 0. The van der Waals surface area contributed by atoms with Gasteiger partial charge in [0, 0.05) is 25.4 Å². The lowest BCUT2D eigenvalue weighted by Gasteiger charge is -2.19. The van der Waals surface area contributed by atoms with E-state index in [1.807, 2.05) is 0 Å². The number of anilines is 1. The van der Waals surface area contributed by atoms with Crippen molar-refractivity contribution >= 4 is 18.2 Å². The summed E-state index contributed by atoms with van der Waals surface area (Å²) in [6.45, 7) is 6.32. The van der Waals surface area contributed by atoms with E-state index in [-0.39, 0.29) is 12.4 Å². The van der Waals surface area contributed by atoms with Gasteiger partial charge in [0.25, 0.3) is 0 Å². The van der Waals surface area contributed by atoms with Crippen LogP contribution in [-0.4, -0.2) is 37.3 Å². The third-order valence-corrected chi connectivity index (χ3v) is 4.74. The van der Waals surface area contributed by atoms with Crippen molar-refractivity contribution in [1.29, 1.82) is 0 Å². The maximum Gasteiger partial charge on any atom is 0.129 e. The predicted octanol–water partition coefficient (Wildman–Crippen LogP) is 3.26. The highest BCUT2D eigenvalue weighted by Gasteiger charge is 2.14. The predicted molar refractivity (Wildman–Crippen MR) is 97.8 cm³/mol. The van der Waals surface area contributed by atoms with E-state index in [9.17, 15) is 0 Å². The van der Waals surface area contributed by atoms with E-state index in [0.29, 0.717) is 6.10 Å². The first-order valence-electron chi connectivity index (χ1n) is 8.88. The van der Waals surface area contributed by atoms with E-state index in [0.717, 1.165) is 38.5 Å². The number of nitrogens with zero attached hydrogens (tertiary/aromatic N) is 1. The van der Waals surface area contributed by atoms with E-state index in [1.54, 1.807) is 0 Å². The second kappa shape index (κ2) is 9.45. The molecule has 1 saturated heterocycles. The van der Waals surface area contributed by atoms with Gasteiger partial charge in [-0.2, -0.15) is 0 Å². The maximum atomic E-state index is 5.87. The van der Waals surface area contributed by atoms with Crippen LogP contribution in [0.25, 0.3) is 0 Å². The Morgan fingerprint density at radius 3 is 3.00 bits per heavy atom. The molecule has 1 fully saturated rings. The Balaban J connectivity index is 0.00000192. The van der Waals surface area contributed by atoms with Crippen LogP contribution in [0.3, 0.4) is 0 Å². The zero-order valence-corrected chi connectivity index (χ0v) is 15.0. The Labute approximate surface area is 146 Å². The van der Waals surface area contributed by atoms with Crippen LogP contribution < -0.4 is 10.6 Å². The number of ether oxygens (including phenoxy) is 1. The second-order valence-electron chi connectivity index (χ2n) is 6.59. The van der Waals surface area contributed by atoms with Gasteiger partial charge in [-0.1, -0.05) is 12.5 Å². The molecular weight excluding hydrogens is 310 g/mol. The lowest BCUT2D eigenvalue weighted by Crippen LogP contribution is -2.17. The molecule has 2 aliphatic rings. The van der Waals surface area contributed by atoms with Gasteiger partial charge in [-0.25, -0.2) is 4.98 Å². The molecule has 130 valence electrons. The molecule has 3 rings (SSSR count). The van der Waals surface area contributed by atoms with Crippen LogP contribution in [0.5, 0.6) is 0 Å². The molecule has 1 aromatic heterocycles. The Hall–Kier alpha value is -0.840. The summed E-state index contributed by atoms with van der Waals surface area (Å²) in [6, 6.07) is 2.33. The zero-order valence-electron chi connectivity index (χ0n) is 14.2. The summed E-state index contributed by atoms with van der Waals surface area (Å²) in [5, 5.41) is 6.77. The van der Waals surface area contributed by atoms with Crippen molar-refractivity contribution in [2.75, 3.05) is 31.6 Å². The van der Waals surface area contributed by atoms with E-state index in [1.165, 1.54) is 55.3 Å². The highest BCUT2D eigenvalue weighted by molar-refractivity contribution is 5.85. The monoisotopic (exact) mass is 339 g/mol. The summed E-state index contributed by atoms with van der Waals surface area (Å²) in [5.74, 6) is 1.13. The second-order valence-corrected chi connectivity index (χ2v) is 6.59. The van der Waals surface area contributed by atoms with Gasteiger partial charge in [-0.05, 0) is 63.1 Å². The molecule has 4 nitrogen and oxygen atoms in total. The minimum absolute atomic E-state index is 0. The van der Waals surface area contributed by atoms with Gasteiger partial charge in [0.1, 0.15) is 5.82 Å². The normalized spacial score (nSPS) is 19.8. The summed E-state index contributed by atoms with van der Waals surface area (Å²) < 4.78 is 5.87. The van der Waals surface area contributed by atoms with Crippen molar-refractivity contribution in [2.24, 2.45) is 0 Å². The summed E-state index contributed by atoms with van der Waals surface area (Å²) in [5.41, 5.74) is 4.02. The van der Waals surface area contributed by atoms with Crippen molar-refractivity contribution in [2.45, 2.75) is 58.0 Å².